The Bertz CT molecular complexity index is 860. The van der Waals surface area contributed by atoms with E-state index in [2.05, 4.69) is 5.32 Å². The highest BCUT2D eigenvalue weighted by Gasteiger charge is 2.34. The topological polar surface area (TPSA) is 90.6 Å². The van der Waals surface area contributed by atoms with Crippen molar-refractivity contribution in [1.29, 1.82) is 0 Å². The number of thioether (sulfide) groups is 1. The molecule has 2 aromatic carbocycles. The number of benzene rings is 2. The SMILES string of the molecule is COc1ccc(C(C(=O)c2ccc(F)cc2)C(N)C(NC(C)=O)SC)cc1OC. The van der Waals surface area contributed by atoms with Gasteiger partial charge in [-0.2, -0.15) is 0 Å². The summed E-state index contributed by atoms with van der Waals surface area (Å²) in [5, 5.41) is 2.27. The zero-order valence-corrected chi connectivity index (χ0v) is 17.6. The number of hydrogen-bond acceptors (Lipinski definition) is 6. The van der Waals surface area contributed by atoms with Crippen LogP contribution in [-0.4, -0.2) is 43.6 Å². The van der Waals surface area contributed by atoms with E-state index in [-0.39, 0.29) is 11.7 Å². The van der Waals surface area contributed by atoms with Crippen LogP contribution in [0, 0.1) is 5.82 Å². The minimum absolute atomic E-state index is 0.250. The first kappa shape index (κ1) is 22.7. The minimum Gasteiger partial charge on any atom is -0.493 e. The van der Waals surface area contributed by atoms with E-state index in [0.717, 1.165) is 0 Å². The first-order valence-corrected chi connectivity index (χ1v) is 10.2. The van der Waals surface area contributed by atoms with Gasteiger partial charge in [-0.1, -0.05) is 6.07 Å². The lowest BCUT2D eigenvalue weighted by Gasteiger charge is -2.30. The third-order valence-corrected chi connectivity index (χ3v) is 5.45. The summed E-state index contributed by atoms with van der Waals surface area (Å²) in [5.74, 6) is -0.803. The molecule has 0 aliphatic rings. The molecule has 3 N–H and O–H groups in total. The van der Waals surface area contributed by atoms with Crippen LogP contribution >= 0.6 is 11.8 Å². The second-order valence-corrected chi connectivity index (χ2v) is 7.38. The maximum atomic E-state index is 13.4. The highest BCUT2D eigenvalue weighted by atomic mass is 32.2. The van der Waals surface area contributed by atoms with E-state index in [4.69, 9.17) is 15.2 Å². The number of nitrogens with one attached hydrogen (secondary N) is 1. The van der Waals surface area contributed by atoms with Gasteiger partial charge >= 0.3 is 0 Å². The van der Waals surface area contributed by atoms with Gasteiger partial charge in [0.25, 0.3) is 0 Å². The quantitative estimate of drug-likeness (QED) is 0.479. The van der Waals surface area contributed by atoms with Crippen LogP contribution in [0.2, 0.25) is 0 Å². The lowest BCUT2D eigenvalue weighted by molar-refractivity contribution is -0.119. The molecule has 8 heteroatoms. The van der Waals surface area contributed by atoms with E-state index in [1.807, 2.05) is 0 Å². The van der Waals surface area contributed by atoms with Crippen LogP contribution in [-0.2, 0) is 4.79 Å². The van der Waals surface area contributed by atoms with Gasteiger partial charge in [0.15, 0.2) is 17.3 Å². The maximum Gasteiger partial charge on any atom is 0.217 e. The molecule has 0 heterocycles. The van der Waals surface area contributed by atoms with Crippen molar-refractivity contribution in [1.82, 2.24) is 5.32 Å². The van der Waals surface area contributed by atoms with Gasteiger partial charge in [0.1, 0.15) is 5.82 Å². The molecule has 2 aromatic rings. The summed E-state index contributed by atoms with van der Waals surface area (Å²) in [4.78, 5) is 25.0. The van der Waals surface area contributed by atoms with Crippen LogP contribution in [0.25, 0.3) is 0 Å². The molecule has 0 radical (unpaired) electrons. The molecular weight excluding hydrogens is 395 g/mol. The number of carbonyl (C=O) groups is 2. The molecule has 156 valence electrons. The largest absolute Gasteiger partial charge is 0.493 e. The molecule has 3 unspecified atom stereocenters. The number of carbonyl (C=O) groups excluding carboxylic acids is 2. The van der Waals surface area contributed by atoms with Gasteiger partial charge in [0.2, 0.25) is 5.91 Å². The van der Waals surface area contributed by atoms with E-state index in [1.165, 1.54) is 57.2 Å². The zero-order valence-electron chi connectivity index (χ0n) is 16.8. The molecule has 29 heavy (non-hydrogen) atoms. The molecule has 2 rings (SSSR count). The second kappa shape index (κ2) is 10.3. The van der Waals surface area contributed by atoms with Gasteiger partial charge < -0.3 is 20.5 Å². The van der Waals surface area contributed by atoms with E-state index in [1.54, 1.807) is 24.5 Å². The van der Waals surface area contributed by atoms with Crippen molar-refractivity contribution < 1.29 is 23.5 Å². The van der Waals surface area contributed by atoms with Gasteiger partial charge in [0.05, 0.1) is 25.5 Å². The number of amides is 1. The molecule has 1 amide bonds. The summed E-state index contributed by atoms with van der Waals surface area (Å²) >= 11 is 1.34. The van der Waals surface area contributed by atoms with Crippen LogP contribution in [0.3, 0.4) is 0 Å². The molecule has 6 nitrogen and oxygen atoms in total. The predicted molar refractivity (Wildman–Crippen MR) is 112 cm³/mol. The van der Waals surface area contributed by atoms with Crippen molar-refractivity contribution >= 4 is 23.5 Å². The van der Waals surface area contributed by atoms with Gasteiger partial charge in [0, 0.05) is 18.5 Å². The van der Waals surface area contributed by atoms with E-state index in [9.17, 15) is 14.0 Å². The van der Waals surface area contributed by atoms with Crippen molar-refractivity contribution in [3.05, 3.63) is 59.4 Å². The standard InChI is InChI=1S/C21H25FN2O4S/c1-12(25)24-21(29-4)19(23)18(20(26)13-5-8-15(22)9-6-13)14-7-10-16(27-2)17(11-14)28-3/h5-11,18-19,21H,23H2,1-4H3,(H,24,25). The summed E-state index contributed by atoms with van der Waals surface area (Å²) in [6, 6.07) is 9.67. The Morgan fingerprint density at radius 2 is 1.69 bits per heavy atom. The number of Topliss-reactive ketones (excluding diaryl/α,β-unsaturated/α-hetero) is 1. The minimum atomic E-state index is -0.801. The Balaban J connectivity index is 2.53. The average molecular weight is 421 g/mol. The number of methoxy groups -OCH3 is 2. The summed E-state index contributed by atoms with van der Waals surface area (Å²) in [7, 11) is 3.02. The third kappa shape index (κ3) is 5.48. The van der Waals surface area contributed by atoms with Crippen LogP contribution < -0.4 is 20.5 Å². The zero-order chi connectivity index (χ0) is 21.6. The average Bonchev–Trinajstić information content (AvgIpc) is 2.72. The summed E-state index contributed by atoms with van der Waals surface area (Å²) in [5.41, 5.74) is 7.41. The second-order valence-electron chi connectivity index (χ2n) is 6.40. The number of nitrogens with two attached hydrogens (primary N) is 1. The van der Waals surface area contributed by atoms with Gasteiger partial charge in [-0.3, -0.25) is 9.59 Å². The van der Waals surface area contributed by atoms with E-state index >= 15 is 0 Å². The van der Waals surface area contributed by atoms with E-state index in [0.29, 0.717) is 22.6 Å². The fourth-order valence-electron chi connectivity index (χ4n) is 3.08. The Morgan fingerprint density at radius 3 is 2.21 bits per heavy atom. The Hall–Kier alpha value is -2.58. The van der Waals surface area contributed by atoms with Crippen molar-refractivity contribution in [2.45, 2.75) is 24.3 Å². The normalized spacial score (nSPS) is 13.9. The highest BCUT2D eigenvalue weighted by molar-refractivity contribution is 7.99. The van der Waals surface area contributed by atoms with Gasteiger partial charge in [-0.15, -0.1) is 11.8 Å². The fraction of sp³-hybridized carbons (Fsp3) is 0.333. The Labute approximate surface area is 174 Å². The predicted octanol–water partition coefficient (Wildman–Crippen LogP) is 2.96. The molecule has 0 aliphatic heterocycles. The molecular formula is C21H25FN2O4S. The van der Waals surface area contributed by atoms with Crippen molar-refractivity contribution in [2.24, 2.45) is 5.73 Å². The third-order valence-electron chi connectivity index (χ3n) is 4.51. The van der Waals surface area contributed by atoms with Crippen LogP contribution in [0.1, 0.15) is 28.8 Å². The maximum absolute atomic E-state index is 13.4. The van der Waals surface area contributed by atoms with Crippen LogP contribution in [0.4, 0.5) is 4.39 Å². The molecule has 0 saturated carbocycles. The number of halogens is 1. The Morgan fingerprint density at radius 1 is 1.07 bits per heavy atom. The number of ketones is 1. The Kier molecular flexibility index (Phi) is 8.04. The molecule has 0 saturated heterocycles. The van der Waals surface area contributed by atoms with E-state index < -0.39 is 23.2 Å². The molecule has 3 atom stereocenters. The molecule has 0 spiro atoms. The van der Waals surface area contributed by atoms with Crippen molar-refractivity contribution in [3.63, 3.8) is 0 Å². The first-order valence-electron chi connectivity index (χ1n) is 8.89. The molecule has 0 bridgehead atoms. The fourth-order valence-corrected chi connectivity index (χ4v) is 3.83. The van der Waals surface area contributed by atoms with Crippen LogP contribution in [0.5, 0.6) is 11.5 Å². The molecule has 0 aromatic heterocycles. The highest BCUT2D eigenvalue weighted by Crippen LogP contribution is 2.34. The first-order chi connectivity index (χ1) is 13.8. The summed E-state index contributed by atoms with van der Waals surface area (Å²) in [6.45, 7) is 1.39. The lowest BCUT2D eigenvalue weighted by Crippen LogP contribution is -2.49. The van der Waals surface area contributed by atoms with Crippen molar-refractivity contribution in [2.75, 3.05) is 20.5 Å². The molecule has 0 aliphatic carbocycles. The van der Waals surface area contributed by atoms with Crippen LogP contribution in [0.15, 0.2) is 42.5 Å². The summed E-state index contributed by atoms with van der Waals surface area (Å²) < 4.78 is 23.9. The number of rotatable bonds is 9. The smallest absolute Gasteiger partial charge is 0.217 e. The lowest BCUT2D eigenvalue weighted by atomic mass is 9.84. The summed E-state index contributed by atoms with van der Waals surface area (Å²) in [6.07, 6.45) is 1.80. The van der Waals surface area contributed by atoms with Gasteiger partial charge in [-0.25, -0.2) is 4.39 Å². The monoisotopic (exact) mass is 420 g/mol. The van der Waals surface area contributed by atoms with Crippen molar-refractivity contribution in [3.8, 4) is 11.5 Å². The number of hydrogen-bond donors (Lipinski definition) is 2. The van der Waals surface area contributed by atoms with Gasteiger partial charge in [-0.05, 0) is 48.2 Å². The number of ether oxygens (including phenoxy) is 2. The molecule has 0 fully saturated rings.